The molecule has 0 heterocycles. The van der Waals surface area contributed by atoms with Crippen molar-refractivity contribution in [2.75, 3.05) is 34.1 Å². The minimum absolute atomic E-state index is 0.00856. The highest BCUT2D eigenvalue weighted by atomic mass is 32.2. The highest BCUT2D eigenvalue weighted by Gasteiger charge is 2.17. The summed E-state index contributed by atoms with van der Waals surface area (Å²) in [6.07, 6.45) is 1.98. The van der Waals surface area contributed by atoms with Crippen LogP contribution < -0.4 is 14.8 Å². The molecule has 1 atom stereocenters. The van der Waals surface area contributed by atoms with Gasteiger partial charge in [0.1, 0.15) is 11.5 Å². The second-order valence-electron chi connectivity index (χ2n) is 3.47. The van der Waals surface area contributed by atoms with E-state index < -0.39 is 0 Å². The van der Waals surface area contributed by atoms with Crippen molar-refractivity contribution in [3.8, 4) is 11.5 Å². The summed E-state index contributed by atoms with van der Waals surface area (Å²) in [6.45, 7) is 0.00856. The molecule has 0 aliphatic carbocycles. The fourth-order valence-electron chi connectivity index (χ4n) is 1.67. The smallest absolute Gasteiger partial charge is 0.133 e. The second kappa shape index (κ2) is 6.74. The molecule has 0 fully saturated rings. The summed E-state index contributed by atoms with van der Waals surface area (Å²) in [6, 6.07) is 3.68. The van der Waals surface area contributed by atoms with Crippen molar-refractivity contribution in [2.24, 2.45) is 0 Å². The normalized spacial score (nSPS) is 12.3. The van der Waals surface area contributed by atoms with Gasteiger partial charge in [0.15, 0.2) is 0 Å². The van der Waals surface area contributed by atoms with Crippen LogP contribution in [0.25, 0.3) is 0 Å². The summed E-state index contributed by atoms with van der Waals surface area (Å²) < 4.78 is 10.7. The van der Waals surface area contributed by atoms with Crippen LogP contribution in [0.3, 0.4) is 0 Å². The molecule has 0 aliphatic heterocycles. The molecule has 1 aromatic rings. The lowest BCUT2D eigenvalue weighted by Crippen LogP contribution is -2.20. The van der Waals surface area contributed by atoms with Crippen LogP contribution in [-0.2, 0) is 0 Å². The molecule has 0 saturated heterocycles. The molecule has 2 N–H and O–H groups in total. The molecule has 0 saturated carbocycles. The fraction of sp³-hybridized carbons (Fsp3) is 0.500. The molecule has 0 amide bonds. The van der Waals surface area contributed by atoms with Crippen LogP contribution in [0.1, 0.15) is 11.6 Å². The maximum atomic E-state index is 9.33. The summed E-state index contributed by atoms with van der Waals surface area (Å²) >= 11 is 1.60. The molecule has 0 radical (unpaired) electrons. The third-order valence-corrected chi connectivity index (χ3v) is 3.40. The van der Waals surface area contributed by atoms with Gasteiger partial charge in [-0.15, -0.1) is 11.8 Å². The van der Waals surface area contributed by atoms with E-state index in [4.69, 9.17) is 9.47 Å². The molecular formula is C12H19NO3S. The first kappa shape index (κ1) is 14.2. The lowest BCUT2D eigenvalue weighted by atomic mass is 10.1. The van der Waals surface area contributed by atoms with Crippen LogP contribution >= 0.6 is 11.8 Å². The molecule has 0 bridgehead atoms. The van der Waals surface area contributed by atoms with Crippen molar-refractivity contribution < 1.29 is 14.6 Å². The van der Waals surface area contributed by atoms with Crippen molar-refractivity contribution in [1.29, 1.82) is 0 Å². The van der Waals surface area contributed by atoms with E-state index in [0.29, 0.717) is 0 Å². The lowest BCUT2D eigenvalue weighted by molar-refractivity contribution is 0.247. The Morgan fingerprint density at radius 3 is 2.35 bits per heavy atom. The number of ether oxygens (including phenoxy) is 2. The monoisotopic (exact) mass is 257 g/mol. The van der Waals surface area contributed by atoms with E-state index in [1.165, 1.54) is 0 Å². The predicted molar refractivity (Wildman–Crippen MR) is 70.2 cm³/mol. The molecule has 4 nitrogen and oxygen atoms in total. The first-order chi connectivity index (χ1) is 8.21. The molecule has 0 aromatic heterocycles. The van der Waals surface area contributed by atoms with Crippen LogP contribution in [0, 0.1) is 0 Å². The van der Waals surface area contributed by atoms with E-state index >= 15 is 0 Å². The van der Waals surface area contributed by atoms with Gasteiger partial charge < -0.3 is 19.9 Å². The third kappa shape index (κ3) is 3.06. The zero-order valence-electron chi connectivity index (χ0n) is 10.6. The zero-order valence-corrected chi connectivity index (χ0v) is 11.4. The Bertz CT molecular complexity index is 367. The first-order valence-electron chi connectivity index (χ1n) is 5.29. The summed E-state index contributed by atoms with van der Waals surface area (Å²) in [5.41, 5.74) is 0.896. The van der Waals surface area contributed by atoms with Crippen molar-refractivity contribution in [3.05, 3.63) is 17.7 Å². The Hall–Kier alpha value is -0.910. The highest BCUT2D eigenvalue weighted by Crippen LogP contribution is 2.36. The topological polar surface area (TPSA) is 50.7 Å². The third-order valence-electron chi connectivity index (χ3n) is 2.64. The maximum Gasteiger partial charge on any atom is 0.133 e. The summed E-state index contributed by atoms with van der Waals surface area (Å²) in [5.74, 6) is 1.55. The molecule has 1 unspecified atom stereocenters. The average molecular weight is 257 g/mol. The lowest BCUT2D eigenvalue weighted by Gasteiger charge is -2.19. The summed E-state index contributed by atoms with van der Waals surface area (Å²) in [5, 5.41) is 12.4. The number of aliphatic hydroxyl groups is 1. The molecule has 1 aromatic carbocycles. The van der Waals surface area contributed by atoms with Gasteiger partial charge in [0.2, 0.25) is 0 Å². The number of thioether (sulfide) groups is 1. The van der Waals surface area contributed by atoms with Crippen LogP contribution in [0.5, 0.6) is 11.5 Å². The van der Waals surface area contributed by atoms with E-state index in [1.807, 2.05) is 18.4 Å². The van der Waals surface area contributed by atoms with Gasteiger partial charge in [-0.05, 0) is 25.4 Å². The number of rotatable bonds is 6. The van der Waals surface area contributed by atoms with Crippen LogP contribution in [0.15, 0.2) is 17.0 Å². The molecule has 1 rings (SSSR count). The van der Waals surface area contributed by atoms with Gasteiger partial charge in [-0.1, -0.05) is 0 Å². The number of methoxy groups -OCH3 is 2. The number of hydrogen-bond donors (Lipinski definition) is 2. The van der Waals surface area contributed by atoms with Crippen molar-refractivity contribution in [3.63, 3.8) is 0 Å². The maximum absolute atomic E-state index is 9.33. The Morgan fingerprint density at radius 1 is 1.29 bits per heavy atom. The quantitative estimate of drug-likeness (QED) is 0.759. The summed E-state index contributed by atoms with van der Waals surface area (Å²) in [4.78, 5) is 1.01. The van der Waals surface area contributed by atoms with Crippen LogP contribution in [0.2, 0.25) is 0 Å². The van der Waals surface area contributed by atoms with E-state index in [0.717, 1.165) is 22.0 Å². The van der Waals surface area contributed by atoms with Gasteiger partial charge in [0.05, 0.1) is 31.8 Å². The van der Waals surface area contributed by atoms with Crippen molar-refractivity contribution >= 4 is 11.8 Å². The van der Waals surface area contributed by atoms with Gasteiger partial charge in [0, 0.05) is 5.56 Å². The van der Waals surface area contributed by atoms with E-state index in [2.05, 4.69) is 5.32 Å². The largest absolute Gasteiger partial charge is 0.496 e. The molecular weight excluding hydrogens is 238 g/mol. The van der Waals surface area contributed by atoms with Crippen LogP contribution in [0.4, 0.5) is 0 Å². The first-order valence-corrected chi connectivity index (χ1v) is 6.52. The minimum Gasteiger partial charge on any atom is -0.496 e. The minimum atomic E-state index is -0.158. The Kier molecular flexibility index (Phi) is 5.61. The highest BCUT2D eigenvalue weighted by molar-refractivity contribution is 7.98. The molecule has 96 valence electrons. The number of benzene rings is 1. The SMILES string of the molecule is CNC(CO)c1cc(OC)c(SC)cc1OC. The fourth-order valence-corrected chi connectivity index (χ4v) is 2.24. The summed E-state index contributed by atoms with van der Waals surface area (Å²) in [7, 11) is 5.06. The van der Waals surface area contributed by atoms with Gasteiger partial charge in [-0.25, -0.2) is 0 Å². The Labute approximate surface area is 106 Å². The van der Waals surface area contributed by atoms with Crippen molar-refractivity contribution in [1.82, 2.24) is 5.32 Å². The number of hydrogen-bond acceptors (Lipinski definition) is 5. The van der Waals surface area contributed by atoms with Gasteiger partial charge in [-0.2, -0.15) is 0 Å². The second-order valence-corrected chi connectivity index (χ2v) is 4.32. The zero-order chi connectivity index (χ0) is 12.8. The van der Waals surface area contributed by atoms with E-state index in [-0.39, 0.29) is 12.6 Å². The number of aliphatic hydroxyl groups excluding tert-OH is 1. The van der Waals surface area contributed by atoms with Gasteiger partial charge in [-0.3, -0.25) is 0 Å². The standard InChI is InChI=1S/C12H19NO3S/c1-13-9(7-14)8-5-11(16-3)12(17-4)6-10(8)15-2/h5-6,9,13-14H,7H2,1-4H3. The number of nitrogens with one attached hydrogen (secondary N) is 1. The van der Waals surface area contributed by atoms with Crippen molar-refractivity contribution in [2.45, 2.75) is 10.9 Å². The van der Waals surface area contributed by atoms with E-state index in [1.54, 1.807) is 33.0 Å². The average Bonchev–Trinajstić information content (AvgIpc) is 2.39. The molecule has 5 heteroatoms. The number of likely N-dealkylation sites (N-methyl/N-ethyl adjacent to an activating group) is 1. The molecule has 0 spiro atoms. The Morgan fingerprint density at radius 2 is 1.94 bits per heavy atom. The van der Waals surface area contributed by atoms with E-state index in [9.17, 15) is 5.11 Å². The van der Waals surface area contributed by atoms with Crippen LogP contribution in [-0.4, -0.2) is 39.2 Å². The molecule has 0 aliphatic rings. The van der Waals surface area contributed by atoms with Gasteiger partial charge >= 0.3 is 0 Å². The predicted octanol–water partition coefficient (Wildman–Crippen LogP) is 1.68. The molecule has 17 heavy (non-hydrogen) atoms. The Balaban J connectivity index is 3.27. The van der Waals surface area contributed by atoms with Gasteiger partial charge in [0.25, 0.3) is 0 Å².